The van der Waals surface area contributed by atoms with E-state index < -0.39 is 102 Å². The van der Waals surface area contributed by atoms with E-state index in [2.05, 4.69) is 26.6 Å². The molecule has 18 heteroatoms. The number of aliphatic hydroxyl groups is 2. The zero-order chi connectivity index (χ0) is 40.7. The van der Waals surface area contributed by atoms with Crippen LogP contribution in [0, 0.1) is 5.92 Å². The first-order valence-electron chi connectivity index (χ1n) is 17.2. The summed E-state index contributed by atoms with van der Waals surface area (Å²) < 4.78 is 0. The van der Waals surface area contributed by atoms with Crippen LogP contribution in [0.15, 0.2) is 54.6 Å². The maximum absolute atomic E-state index is 13.8. The number of nitrogens with two attached hydrogens (primary N) is 1. The van der Waals surface area contributed by atoms with Crippen LogP contribution in [0.5, 0.6) is 5.75 Å². The molecule has 0 bridgehead atoms. The molecule has 18 nitrogen and oxygen atoms in total. The van der Waals surface area contributed by atoms with E-state index in [9.17, 15) is 59.1 Å². The van der Waals surface area contributed by atoms with Crippen LogP contribution in [0.25, 0.3) is 0 Å². The van der Waals surface area contributed by atoms with Crippen molar-refractivity contribution >= 4 is 41.5 Å². The van der Waals surface area contributed by atoms with E-state index >= 15 is 0 Å². The topological polar surface area (TPSA) is 307 Å². The number of aromatic hydroxyl groups is 1. The van der Waals surface area contributed by atoms with Crippen molar-refractivity contribution in [2.75, 3.05) is 0 Å². The average molecular weight is 759 g/mol. The molecule has 0 aliphatic carbocycles. The lowest BCUT2D eigenvalue weighted by molar-refractivity contribution is -0.143. The predicted molar refractivity (Wildman–Crippen MR) is 192 cm³/mol. The number of carboxylic acid groups (broad SMARTS) is 2. The van der Waals surface area contributed by atoms with Crippen LogP contribution in [0.3, 0.4) is 0 Å². The monoisotopic (exact) mass is 758 g/mol. The summed E-state index contributed by atoms with van der Waals surface area (Å²) in [5.41, 5.74) is 6.66. The highest BCUT2D eigenvalue weighted by Gasteiger charge is 2.36. The van der Waals surface area contributed by atoms with Gasteiger partial charge in [0.05, 0.1) is 18.6 Å². The van der Waals surface area contributed by atoms with Gasteiger partial charge in [-0.05, 0) is 43.0 Å². The van der Waals surface area contributed by atoms with E-state index in [1.165, 1.54) is 38.1 Å². The number of hydrogen-bond acceptors (Lipinski definition) is 11. The third kappa shape index (κ3) is 14.1. The van der Waals surface area contributed by atoms with E-state index in [-0.39, 0.29) is 18.6 Å². The van der Waals surface area contributed by atoms with Crippen molar-refractivity contribution in [2.24, 2.45) is 11.7 Å². The molecule has 0 saturated heterocycles. The summed E-state index contributed by atoms with van der Waals surface area (Å²) in [6.07, 6.45) is -3.85. The molecule has 54 heavy (non-hydrogen) atoms. The molecule has 0 heterocycles. The normalized spacial score (nSPS) is 16.1. The van der Waals surface area contributed by atoms with Gasteiger partial charge < -0.3 is 57.9 Å². The Hall–Kier alpha value is -5.59. The van der Waals surface area contributed by atoms with Gasteiger partial charge in [0.25, 0.3) is 0 Å². The van der Waals surface area contributed by atoms with Crippen molar-refractivity contribution in [3.8, 4) is 5.75 Å². The third-order valence-electron chi connectivity index (χ3n) is 8.60. The number of phenolic OH excluding ortho intramolecular Hbond substituents is 1. The summed E-state index contributed by atoms with van der Waals surface area (Å²) in [4.78, 5) is 90.5. The molecular weight excluding hydrogens is 708 g/mol. The molecule has 2 aromatic carbocycles. The molecule has 0 unspecified atom stereocenters. The van der Waals surface area contributed by atoms with E-state index in [1.807, 2.05) is 0 Å². The molecule has 0 aliphatic rings. The number of carbonyl (C=O) groups excluding carboxylic acids is 5. The van der Waals surface area contributed by atoms with Crippen LogP contribution < -0.4 is 32.3 Å². The minimum absolute atomic E-state index is 0.111. The Morgan fingerprint density at radius 3 is 1.61 bits per heavy atom. The number of phenols is 1. The van der Waals surface area contributed by atoms with E-state index in [0.717, 1.165) is 0 Å². The van der Waals surface area contributed by atoms with Crippen LogP contribution >= 0.6 is 0 Å². The second-order valence-corrected chi connectivity index (χ2v) is 13.0. The van der Waals surface area contributed by atoms with Crippen molar-refractivity contribution in [1.82, 2.24) is 26.6 Å². The van der Waals surface area contributed by atoms with Crippen molar-refractivity contribution < 1.29 is 59.1 Å². The molecule has 0 aromatic heterocycles. The van der Waals surface area contributed by atoms with Gasteiger partial charge in [-0.1, -0.05) is 62.7 Å². The molecule has 0 fully saturated rings. The highest BCUT2D eigenvalue weighted by molar-refractivity contribution is 5.97. The Bertz CT molecular complexity index is 1600. The van der Waals surface area contributed by atoms with Crippen LogP contribution in [-0.2, 0) is 46.4 Å². The highest BCUT2D eigenvalue weighted by atomic mass is 16.4. The van der Waals surface area contributed by atoms with Crippen LogP contribution in [-0.4, -0.2) is 115 Å². The molecule has 12 N–H and O–H groups in total. The second kappa shape index (κ2) is 21.2. The number of carboxylic acids is 2. The molecule has 0 spiro atoms. The summed E-state index contributed by atoms with van der Waals surface area (Å²) in [6.45, 7) is 5.84. The van der Waals surface area contributed by atoms with Gasteiger partial charge in [-0.15, -0.1) is 0 Å². The number of aliphatic carboxylic acids is 2. The molecular formula is C36H50N6O12. The first-order valence-corrected chi connectivity index (χ1v) is 17.2. The van der Waals surface area contributed by atoms with Crippen LogP contribution in [0.4, 0.5) is 0 Å². The van der Waals surface area contributed by atoms with Gasteiger partial charge in [0.2, 0.25) is 29.5 Å². The van der Waals surface area contributed by atoms with Gasteiger partial charge in [-0.2, -0.15) is 0 Å². The van der Waals surface area contributed by atoms with Gasteiger partial charge in [-0.25, -0.2) is 4.79 Å². The van der Waals surface area contributed by atoms with E-state index in [4.69, 9.17) is 5.73 Å². The smallest absolute Gasteiger partial charge is 0.326 e. The quantitative estimate of drug-likeness (QED) is 0.0677. The Morgan fingerprint density at radius 2 is 1.09 bits per heavy atom. The number of amides is 5. The van der Waals surface area contributed by atoms with Crippen molar-refractivity contribution in [1.29, 1.82) is 0 Å². The van der Waals surface area contributed by atoms with Crippen LogP contribution in [0.2, 0.25) is 0 Å². The Labute approximate surface area is 311 Å². The van der Waals surface area contributed by atoms with E-state index in [1.54, 1.807) is 44.2 Å². The van der Waals surface area contributed by atoms with Crippen molar-refractivity contribution in [3.63, 3.8) is 0 Å². The first kappa shape index (κ1) is 44.6. The highest BCUT2D eigenvalue weighted by Crippen LogP contribution is 2.14. The fourth-order valence-electron chi connectivity index (χ4n) is 5.14. The lowest BCUT2D eigenvalue weighted by Gasteiger charge is -2.30. The van der Waals surface area contributed by atoms with Gasteiger partial charge in [0.15, 0.2) is 0 Å². The summed E-state index contributed by atoms with van der Waals surface area (Å²) in [6, 6.07) is 4.52. The molecule has 296 valence electrons. The lowest BCUT2D eigenvalue weighted by atomic mass is 9.96. The molecule has 0 aliphatic heterocycles. The summed E-state index contributed by atoms with van der Waals surface area (Å²) in [5, 5.41) is 61.1. The molecule has 9 atom stereocenters. The molecule has 0 saturated carbocycles. The van der Waals surface area contributed by atoms with Gasteiger partial charge >= 0.3 is 11.9 Å². The van der Waals surface area contributed by atoms with Crippen molar-refractivity contribution in [3.05, 3.63) is 65.7 Å². The number of rotatable bonds is 21. The zero-order valence-electron chi connectivity index (χ0n) is 30.4. The Kier molecular flexibility index (Phi) is 17.5. The number of aliphatic hydroxyl groups excluding tert-OH is 2. The minimum Gasteiger partial charge on any atom is -0.508 e. The maximum atomic E-state index is 13.8. The zero-order valence-corrected chi connectivity index (χ0v) is 30.4. The maximum Gasteiger partial charge on any atom is 0.326 e. The largest absolute Gasteiger partial charge is 0.508 e. The standard InChI is InChI=1S/C36H50N6O12/c1-5-18(2)29(41-33(50)28(37)19(3)43)34(51)42-30(20(4)44)35(52)39-24(15-22-11-13-23(45)14-12-22)31(48)38-25(17-27(46)47)32(49)40-26(36(53)54)16-21-9-7-6-8-10-21/h6-14,18-20,24-26,28-30,43-45H,5,15-17,37H2,1-4H3,(H,38,48)(H,39,52)(H,40,49)(H,41,50)(H,42,51)(H,46,47)(H,53,54)/t18-,19+,20+,24-,25-,26-,28-,29-,30-/m0/s1. The lowest BCUT2D eigenvalue weighted by Crippen LogP contribution is -2.62. The SMILES string of the molecule is CC[C@H](C)[C@H](NC(=O)[C@@H](N)[C@@H](C)O)C(=O)N[C@H](C(=O)N[C@@H](Cc1ccc(O)cc1)C(=O)N[C@@H](CC(=O)O)C(=O)N[C@@H](Cc1ccccc1)C(=O)O)[C@@H](C)O. The van der Waals surface area contributed by atoms with Gasteiger partial charge in [0, 0.05) is 12.8 Å². The number of hydrogen-bond donors (Lipinski definition) is 11. The summed E-state index contributed by atoms with van der Waals surface area (Å²) in [7, 11) is 0. The Balaban J connectivity index is 2.38. The third-order valence-corrected chi connectivity index (χ3v) is 8.60. The van der Waals surface area contributed by atoms with Crippen LogP contribution in [0.1, 0.15) is 51.7 Å². The summed E-state index contributed by atoms with van der Waals surface area (Å²) in [5.74, 6) is -8.59. The second-order valence-electron chi connectivity index (χ2n) is 13.0. The minimum atomic E-state index is -1.81. The van der Waals surface area contributed by atoms with E-state index in [0.29, 0.717) is 17.5 Å². The molecule has 2 aromatic rings. The molecule has 0 radical (unpaired) electrons. The summed E-state index contributed by atoms with van der Waals surface area (Å²) >= 11 is 0. The van der Waals surface area contributed by atoms with Crippen molar-refractivity contribution in [2.45, 2.75) is 102 Å². The first-order chi connectivity index (χ1) is 25.3. The number of nitrogens with one attached hydrogen (secondary N) is 5. The Morgan fingerprint density at radius 1 is 0.611 bits per heavy atom. The number of carbonyl (C=O) groups is 7. The number of benzene rings is 2. The predicted octanol–water partition coefficient (Wildman–Crippen LogP) is -1.70. The average Bonchev–Trinajstić information content (AvgIpc) is 3.11. The van der Waals surface area contributed by atoms with Gasteiger partial charge in [-0.3, -0.25) is 28.8 Å². The van der Waals surface area contributed by atoms with Gasteiger partial charge in [0.1, 0.15) is 42.0 Å². The molecule has 2 rings (SSSR count). The fourth-order valence-corrected chi connectivity index (χ4v) is 5.14. The fraction of sp³-hybridized carbons (Fsp3) is 0.472. The molecule has 5 amide bonds.